The molecule has 0 aliphatic heterocycles. The van der Waals surface area contributed by atoms with Gasteiger partial charge >= 0.3 is 5.69 Å². The third kappa shape index (κ3) is 3.18. The van der Waals surface area contributed by atoms with E-state index in [1.165, 1.54) is 0 Å². The van der Waals surface area contributed by atoms with Gasteiger partial charge in [0.2, 0.25) is 0 Å². The molecule has 5 heteroatoms. The molecule has 0 radical (unpaired) electrons. The van der Waals surface area contributed by atoms with E-state index in [1.54, 1.807) is 0 Å². The Morgan fingerprint density at radius 3 is 2.71 bits per heavy atom. The Labute approximate surface area is 99.4 Å². The van der Waals surface area contributed by atoms with Crippen molar-refractivity contribution in [1.29, 1.82) is 0 Å². The third-order valence-electron chi connectivity index (χ3n) is 2.49. The van der Waals surface area contributed by atoms with Crippen LogP contribution in [0.5, 0.6) is 0 Å². The fourth-order valence-electron chi connectivity index (χ4n) is 1.72. The van der Waals surface area contributed by atoms with E-state index in [4.69, 9.17) is 5.73 Å². The van der Waals surface area contributed by atoms with E-state index >= 15 is 0 Å². The summed E-state index contributed by atoms with van der Waals surface area (Å²) in [5, 5.41) is 3.29. The van der Waals surface area contributed by atoms with Gasteiger partial charge in [0.25, 0.3) is 0 Å². The molecule has 0 bridgehead atoms. The van der Waals surface area contributed by atoms with Crippen LogP contribution in [0, 0.1) is 0 Å². The van der Waals surface area contributed by atoms with Crippen LogP contribution in [0.2, 0.25) is 0 Å². The van der Waals surface area contributed by atoms with E-state index < -0.39 is 0 Å². The Balaban J connectivity index is 2.06. The first-order chi connectivity index (χ1) is 7.94. The number of nitrogens with one attached hydrogen (secondary N) is 3. The van der Waals surface area contributed by atoms with Gasteiger partial charge in [0.1, 0.15) is 0 Å². The lowest BCUT2D eigenvalue weighted by Crippen LogP contribution is -2.42. The van der Waals surface area contributed by atoms with Crippen LogP contribution in [0.3, 0.4) is 0 Å². The van der Waals surface area contributed by atoms with Gasteiger partial charge in [-0.1, -0.05) is 6.07 Å². The van der Waals surface area contributed by atoms with E-state index in [-0.39, 0.29) is 11.2 Å². The SMILES string of the molecule is CC(C)(N)CNCc1ccc2[nH]c(=O)[nH]c2c1. The van der Waals surface area contributed by atoms with Crippen LogP contribution in [0.25, 0.3) is 11.0 Å². The summed E-state index contributed by atoms with van der Waals surface area (Å²) >= 11 is 0. The quantitative estimate of drug-likeness (QED) is 0.627. The Morgan fingerprint density at radius 2 is 2.00 bits per heavy atom. The summed E-state index contributed by atoms with van der Waals surface area (Å²) in [7, 11) is 0. The number of aromatic amines is 2. The summed E-state index contributed by atoms with van der Waals surface area (Å²) in [4.78, 5) is 16.6. The highest BCUT2D eigenvalue weighted by Crippen LogP contribution is 2.10. The average Bonchev–Trinajstić information content (AvgIpc) is 2.55. The fraction of sp³-hybridized carbons (Fsp3) is 0.417. The molecule has 0 unspecified atom stereocenters. The monoisotopic (exact) mass is 234 g/mol. The number of fused-ring (bicyclic) bond motifs is 1. The second-order valence-electron chi connectivity index (χ2n) is 5.05. The summed E-state index contributed by atoms with van der Waals surface area (Å²) in [6, 6.07) is 5.85. The zero-order valence-electron chi connectivity index (χ0n) is 10.1. The summed E-state index contributed by atoms with van der Waals surface area (Å²) in [6.07, 6.45) is 0. The van der Waals surface area contributed by atoms with Crippen molar-refractivity contribution < 1.29 is 0 Å². The molecule has 0 atom stereocenters. The molecule has 0 spiro atoms. The molecule has 5 N–H and O–H groups in total. The molecule has 0 saturated carbocycles. The van der Waals surface area contributed by atoms with Crippen molar-refractivity contribution in [2.45, 2.75) is 25.9 Å². The van der Waals surface area contributed by atoms with Crippen LogP contribution in [-0.4, -0.2) is 22.1 Å². The van der Waals surface area contributed by atoms with Crippen molar-refractivity contribution in [3.05, 3.63) is 34.2 Å². The van der Waals surface area contributed by atoms with Gasteiger partial charge in [-0.3, -0.25) is 0 Å². The Morgan fingerprint density at radius 1 is 1.29 bits per heavy atom. The largest absolute Gasteiger partial charge is 0.324 e. The Hall–Kier alpha value is -1.59. The van der Waals surface area contributed by atoms with Gasteiger partial charge in [0, 0.05) is 18.6 Å². The predicted molar refractivity (Wildman–Crippen MR) is 68.9 cm³/mol. The van der Waals surface area contributed by atoms with Crippen molar-refractivity contribution in [1.82, 2.24) is 15.3 Å². The van der Waals surface area contributed by atoms with Crippen LogP contribution in [0.4, 0.5) is 0 Å². The Bertz CT molecular complexity index is 562. The minimum absolute atomic E-state index is 0.173. The van der Waals surface area contributed by atoms with Gasteiger partial charge in [0.05, 0.1) is 11.0 Å². The van der Waals surface area contributed by atoms with Gasteiger partial charge in [-0.05, 0) is 31.5 Å². The zero-order chi connectivity index (χ0) is 12.5. The second kappa shape index (κ2) is 4.35. The zero-order valence-corrected chi connectivity index (χ0v) is 10.1. The van der Waals surface area contributed by atoms with Crippen molar-refractivity contribution >= 4 is 11.0 Å². The summed E-state index contributed by atoms with van der Waals surface area (Å²) in [6.45, 7) is 5.44. The summed E-state index contributed by atoms with van der Waals surface area (Å²) in [5.41, 5.74) is 8.28. The van der Waals surface area contributed by atoms with Gasteiger partial charge in [-0.25, -0.2) is 4.79 Å². The maximum atomic E-state index is 11.1. The molecule has 1 aromatic heterocycles. The molecule has 0 saturated heterocycles. The third-order valence-corrected chi connectivity index (χ3v) is 2.49. The molecular weight excluding hydrogens is 216 g/mol. The summed E-state index contributed by atoms with van der Waals surface area (Å²) in [5.74, 6) is 0. The Kier molecular flexibility index (Phi) is 3.04. The molecule has 17 heavy (non-hydrogen) atoms. The summed E-state index contributed by atoms with van der Waals surface area (Å²) < 4.78 is 0. The number of imidazole rings is 1. The van der Waals surface area contributed by atoms with Gasteiger partial charge in [-0.2, -0.15) is 0 Å². The van der Waals surface area contributed by atoms with Crippen molar-refractivity contribution in [3.8, 4) is 0 Å². The fourth-order valence-corrected chi connectivity index (χ4v) is 1.72. The van der Waals surface area contributed by atoms with E-state index in [0.29, 0.717) is 0 Å². The number of rotatable bonds is 4. The molecule has 1 heterocycles. The van der Waals surface area contributed by atoms with E-state index in [0.717, 1.165) is 29.7 Å². The number of hydrogen-bond donors (Lipinski definition) is 4. The molecule has 2 aromatic rings. The topological polar surface area (TPSA) is 86.7 Å². The van der Waals surface area contributed by atoms with Crippen molar-refractivity contribution in [2.24, 2.45) is 5.73 Å². The highest BCUT2D eigenvalue weighted by atomic mass is 16.1. The molecule has 0 fully saturated rings. The molecule has 5 nitrogen and oxygen atoms in total. The first-order valence-corrected chi connectivity index (χ1v) is 5.65. The minimum atomic E-state index is -0.216. The number of aromatic nitrogens is 2. The van der Waals surface area contributed by atoms with Gasteiger partial charge < -0.3 is 21.0 Å². The van der Waals surface area contributed by atoms with Crippen molar-refractivity contribution in [2.75, 3.05) is 6.54 Å². The number of benzene rings is 1. The first-order valence-electron chi connectivity index (χ1n) is 5.65. The van der Waals surface area contributed by atoms with E-state index in [9.17, 15) is 4.79 Å². The molecule has 1 aromatic carbocycles. The van der Waals surface area contributed by atoms with Crippen LogP contribution in [0.15, 0.2) is 23.0 Å². The smallest absolute Gasteiger partial charge is 0.323 e. The number of hydrogen-bond acceptors (Lipinski definition) is 3. The maximum absolute atomic E-state index is 11.1. The highest BCUT2D eigenvalue weighted by Gasteiger charge is 2.09. The molecule has 0 aliphatic rings. The molecular formula is C12H18N4O. The van der Waals surface area contributed by atoms with Crippen LogP contribution < -0.4 is 16.7 Å². The lowest BCUT2D eigenvalue weighted by atomic mass is 10.1. The van der Waals surface area contributed by atoms with E-state index in [1.807, 2.05) is 32.0 Å². The van der Waals surface area contributed by atoms with Crippen LogP contribution >= 0.6 is 0 Å². The lowest BCUT2D eigenvalue weighted by molar-refractivity contribution is 0.467. The highest BCUT2D eigenvalue weighted by molar-refractivity contribution is 5.74. The molecule has 92 valence electrons. The maximum Gasteiger partial charge on any atom is 0.323 e. The first kappa shape index (κ1) is 11.9. The standard InChI is InChI=1S/C12H18N4O/c1-12(2,13)7-14-6-8-3-4-9-10(5-8)16-11(17)15-9/h3-5,14H,6-7,13H2,1-2H3,(H2,15,16,17). The van der Waals surface area contributed by atoms with Gasteiger partial charge in [-0.15, -0.1) is 0 Å². The number of nitrogens with two attached hydrogens (primary N) is 1. The van der Waals surface area contributed by atoms with Crippen LogP contribution in [-0.2, 0) is 6.54 Å². The number of H-pyrrole nitrogens is 2. The predicted octanol–water partition coefficient (Wildman–Crippen LogP) is 0.683. The van der Waals surface area contributed by atoms with Crippen molar-refractivity contribution in [3.63, 3.8) is 0 Å². The molecule has 0 aliphatic carbocycles. The molecule has 2 rings (SSSR count). The second-order valence-corrected chi connectivity index (χ2v) is 5.05. The minimum Gasteiger partial charge on any atom is -0.324 e. The average molecular weight is 234 g/mol. The molecule has 0 amide bonds. The van der Waals surface area contributed by atoms with Gasteiger partial charge in [0.15, 0.2) is 0 Å². The van der Waals surface area contributed by atoms with E-state index in [2.05, 4.69) is 15.3 Å². The van der Waals surface area contributed by atoms with Crippen LogP contribution in [0.1, 0.15) is 19.4 Å². The lowest BCUT2D eigenvalue weighted by Gasteiger charge is -2.18. The normalized spacial score (nSPS) is 12.2.